The summed E-state index contributed by atoms with van der Waals surface area (Å²) in [5, 5.41) is 0. The molecule has 220 valence electrons. The average molecular weight is 571 g/mol. The molecule has 0 bridgehead atoms. The van der Waals surface area contributed by atoms with Crippen molar-refractivity contribution >= 4 is 28.0 Å². The van der Waals surface area contributed by atoms with Crippen LogP contribution < -0.4 is 5.43 Å². The van der Waals surface area contributed by atoms with Crippen molar-refractivity contribution in [3.05, 3.63) is 77.9 Å². The third-order valence-electron chi connectivity index (χ3n) is 6.25. The van der Waals surface area contributed by atoms with E-state index in [1.54, 1.807) is 20.8 Å². The highest BCUT2D eigenvalue weighted by molar-refractivity contribution is 7.89. The minimum absolute atomic E-state index is 0.00194. The maximum absolute atomic E-state index is 13.9. The first-order chi connectivity index (χ1) is 18.8. The van der Waals surface area contributed by atoms with Crippen LogP contribution in [0.15, 0.2) is 66.7 Å². The third kappa shape index (κ3) is 11.6. The number of amides is 1. The second kappa shape index (κ2) is 15.7. The van der Waals surface area contributed by atoms with E-state index in [-0.39, 0.29) is 24.6 Å². The predicted octanol–water partition coefficient (Wildman–Crippen LogP) is 6.37. The summed E-state index contributed by atoms with van der Waals surface area (Å²) < 4.78 is 33.4. The summed E-state index contributed by atoms with van der Waals surface area (Å²) in [7, 11) is -3.80. The number of nitrogens with zero attached hydrogens (tertiary/aromatic N) is 1. The van der Waals surface area contributed by atoms with Gasteiger partial charge >= 0.3 is 5.97 Å². The average Bonchev–Trinajstić information content (AvgIpc) is 2.88. The Kier molecular flexibility index (Phi) is 13.1. The van der Waals surface area contributed by atoms with Gasteiger partial charge in [-0.1, -0.05) is 100 Å². The summed E-state index contributed by atoms with van der Waals surface area (Å²) in [4.78, 5) is 27.4. The molecule has 8 heteroatoms. The fraction of sp³-hybridized carbons (Fsp3) is 0.500. The lowest BCUT2D eigenvalue weighted by Gasteiger charge is -2.31. The smallest absolute Gasteiger partial charge is 0.310 e. The van der Waals surface area contributed by atoms with Gasteiger partial charge in [-0.2, -0.15) is 0 Å². The standard InChI is InChI=1S/C32H46N2O5S/c1-7-8-22-40(37,38)34(24-27-18-13-10-14-19-27)33-30(35)29(23-25(2)3)28(31(36)39-32(4,5)6)21-15-20-26-16-11-9-12-17-26/h9-20,25,28-29H,7-8,21-24H2,1-6H3,(H,33,35)/b20-15+/t28-,29+/m0/s1. The lowest BCUT2D eigenvalue weighted by Crippen LogP contribution is -2.50. The van der Waals surface area contributed by atoms with Crippen LogP contribution in [0.1, 0.15) is 78.4 Å². The predicted molar refractivity (Wildman–Crippen MR) is 161 cm³/mol. The van der Waals surface area contributed by atoms with Crippen LogP contribution in [-0.2, 0) is 30.9 Å². The highest BCUT2D eigenvalue weighted by atomic mass is 32.2. The number of unbranched alkanes of at least 4 members (excludes halogenated alkanes) is 1. The molecule has 2 aromatic rings. The third-order valence-corrected chi connectivity index (χ3v) is 7.95. The Labute approximate surface area is 241 Å². The van der Waals surface area contributed by atoms with Crippen LogP contribution in [0, 0.1) is 17.8 Å². The lowest BCUT2D eigenvalue weighted by atomic mass is 9.82. The normalized spacial score (nSPS) is 13.9. The molecular weight excluding hydrogens is 524 g/mol. The minimum atomic E-state index is -3.80. The van der Waals surface area contributed by atoms with E-state index in [0.29, 0.717) is 19.3 Å². The molecule has 0 radical (unpaired) electrons. The van der Waals surface area contributed by atoms with E-state index in [1.165, 1.54) is 0 Å². The zero-order chi connectivity index (χ0) is 29.8. The van der Waals surface area contributed by atoms with Gasteiger partial charge in [0.25, 0.3) is 0 Å². The van der Waals surface area contributed by atoms with Crippen molar-refractivity contribution in [2.75, 3.05) is 5.75 Å². The van der Waals surface area contributed by atoms with Gasteiger partial charge in [-0.3, -0.25) is 15.0 Å². The van der Waals surface area contributed by atoms with Gasteiger partial charge in [0.1, 0.15) is 5.60 Å². The van der Waals surface area contributed by atoms with Gasteiger partial charge in [-0.25, -0.2) is 8.42 Å². The molecule has 0 aliphatic carbocycles. The molecule has 0 aliphatic heterocycles. The Bertz CT molecular complexity index is 1190. The molecule has 0 saturated heterocycles. The number of hydrogen-bond donors (Lipinski definition) is 1. The second-order valence-corrected chi connectivity index (χ2v) is 13.6. The van der Waals surface area contributed by atoms with Crippen LogP contribution in [0.4, 0.5) is 0 Å². The Hall–Kier alpha value is -2.97. The topological polar surface area (TPSA) is 92.8 Å². The number of hydrazine groups is 1. The number of hydrogen-bond acceptors (Lipinski definition) is 5. The van der Waals surface area contributed by atoms with Crippen LogP contribution >= 0.6 is 0 Å². The molecule has 1 N–H and O–H groups in total. The molecular formula is C32H46N2O5S. The molecule has 0 aromatic heterocycles. The molecule has 0 spiro atoms. The largest absolute Gasteiger partial charge is 0.460 e. The van der Waals surface area contributed by atoms with Gasteiger partial charge in [0.15, 0.2) is 0 Å². The molecule has 2 atom stereocenters. The molecule has 0 fully saturated rings. The number of sulfonamides is 1. The number of nitrogens with one attached hydrogen (secondary N) is 1. The zero-order valence-corrected chi connectivity index (χ0v) is 25.6. The number of ether oxygens (including phenoxy) is 1. The monoisotopic (exact) mass is 570 g/mol. The molecule has 7 nitrogen and oxygen atoms in total. The molecule has 2 aromatic carbocycles. The van der Waals surface area contributed by atoms with Crippen LogP contribution in [0.2, 0.25) is 0 Å². The molecule has 2 rings (SSSR count). The van der Waals surface area contributed by atoms with Crippen molar-refractivity contribution in [1.82, 2.24) is 9.84 Å². The van der Waals surface area contributed by atoms with E-state index in [0.717, 1.165) is 15.5 Å². The highest BCUT2D eigenvalue weighted by Crippen LogP contribution is 2.28. The second-order valence-electron chi connectivity index (χ2n) is 11.6. The first-order valence-corrected chi connectivity index (χ1v) is 15.7. The van der Waals surface area contributed by atoms with Gasteiger partial charge in [0.05, 0.1) is 24.1 Å². The number of allylic oxidation sites excluding steroid dienone is 1. The SMILES string of the molecule is CCCCS(=O)(=O)N(Cc1ccccc1)NC(=O)[C@H](CC(C)C)[C@H](C/C=C/c1ccccc1)C(=O)OC(C)(C)C. The van der Waals surface area contributed by atoms with Crippen molar-refractivity contribution in [1.29, 1.82) is 0 Å². The number of esters is 1. The van der Waals surface area contributed by atoms with Crippen LogP contribution in [-0.4, -0.2) is 36.1 Å². The first-order valence-electron chi connectivity index (χ1n) is 14.1. The van der Waals surface area contributed by atoms with Gasteiger partial charge in [0.2, 0.25) is 15.9 Å². The van der Waals surface area contributed by atoms with Crippen LogP contribution in [0.25, 0.3) is 6.08 Å². The lowest BCUT2D eigenvalue weighted by molar-refractivity contribution is -0.164. The van der Waals surface area contributed by atoms with Gasteiger partial charge in [0, 0.05) is 0 Å². The van der Waals surface area contributed by atoms with E-state index in [1.807, 2.05) is 93.6 Å². The Morgan fingerprint density at radius 1 is 0.975 bits per heavy atom. The van der Waals surface area contributed by atoms with Crippen molar-refractivity contribution in [3.8, 4) is 0 Å². The van der Waals surface area contributed by atoms with Crippen LogP contribution in [0.5, 0.6) is 0 Å². The summed E-state index contributed by atoms with van der Waals surface area (Å²) in [6.07, 6.45) is 5.64. The fourth-order valence-corrected chi connectivity index (χ4v) is 5.73. The van der Waals surface area contributed by atoms with Crippen LogP contribution in [0.3, 0.4) is 0 Å². The maximum Gasteiger partial charge on any atom is 0.310 e. The quantitative estimate of drug-likeness (QED) is 0.198. The minimum Gasteiger partial charge on any atom is -0.460 e. The molecule has 0 heterocycles. The molecule has 0 aliphatic rings. The number of rotatable bonds is 15. The van der Waals surface area contributed by atoms with Gasteiger partial charge in [-0.05, 0) is 57.1 Å². The zero-order valence-electron chi connectivity index (χ0n) is 24.8. The maximum atomic E-state index is 13.9. The van der Waals surface area contributed by atoms with Crippen molar-refractivity contribution in [2.45, 2.75) is 79.4 Å². The van der Waals surface area contributed by atoms with E-state index >= 15 is 0 Å². The molecule has 1 amide bonds. The molecule has 40 heavy (non-hydrogen) atoms. The summed E-state index contributed by atoms with van der Waals surface area (Å²) >= 11 is 0. The summed E-state index contributed by atoms with van der Waals surface area (Å²) in [5.41, 5.74) is 3.69. The summed E-state index contributed by atoms with van der Waals surface area (Å²) in [6.45, 7) is 11.3. The first kappa shape index (κ1) is 33.2. The van der Waals surface area contributed by atoms with E-state index in [9.17, 15) is 18.0 Å². The number of carbonyl (C=O) groups excluding carboxylic acids is 2. The van der Waals surface area contributed by atoms with Gasteiger partial charge < -0.3 is 4.74 Å². The van der Waals surface area contributed by atoms with E-state index in [2.05, 4.69) is 5.43 Å². The number of benzene rings is 2. The van der Waals surface area contributed by atoms with Crippen molar-refractivity contribution < 1.29 is 22.7 Å². The molecule has 0 saturated carbocycles. The Morgan fingerprint density at radius 2 is 1.57 bits per heavy atom. The summed E-state index contributed by atoms with van der Waals surface area (Å²) in [5.74, 6) is -2.57. The van der Waals surface area contributed by atoms with Gasteiger partial charge in [-0.15, -0.1) is 4.41 Å². The fourth-order valence-electron chi connectivity index (χ4n) is 4.28. The van der Waals surface area contributed by atoms with E-state index in [4.69, 9.17) is 4.74 Å². The van der Waals surface area contributed by atoms with Crippen molar-refractivity contribution in [3.63, 3.8) is 0 Å². The summed E-state index contributed by atoms with van der Waals surface area (Å²) in [6, 6.07) is 18.8. The van der Waals surface area contributed by atoms with E-state index < -0.39 is 39.3 Å². The molecule has 0 unspecified atom stereocenters. The number of carbonyl (C=O) groups is 2. The highest BCUT2D eigenvalue weighted by Gasteiger charge is 2.38. The Balaban J connectivity index is 2.42. The Morgan fingerprint density at radius 3 is 2.12 bits per heavy atom. The van der Waals surface area contributed by atoms with Crippen molar-refractivity contribution in [2.24, 2.45) is 17.8 Å².